The van der Waals surface area contributed by atoms with Gasteiger partial charge in [-0.05, 0) is 60.5 Å². The van der Waals surface area contributed by atoms with Crippen molar-refractivity contribution < 1.29 is 4.39 Å². The summed E-state index contributed by atoms with van der Waals surface area (Å²) in [5.74, 6) is 1.22. The third-order valence-electron chi connectivity index (χ3n) is 5.89. The Morgan fingerprint density at radius 2 is 1.89 bits per heavy atom. The summed E-state index contributed by atoms with van der Waals surface area (Å²) in [6, 6.07) is 8.66. The summed E-state index contributed by atoms with van der Waals surface area (Å²) < 4.78 is 13.5. The Balaban J connectivity index is 1.26. The minimum Gasteiger partial charge on any atom is -0.308 e. The minimum absolute atomic E-state index is 0.330. The number of piperidine rings is 1. The van der Waals surface area contributed by atoms with Gasteiger partial charge in [-0.2, -0.15) is 10.2 Å². The highest BCUT2D eigenvalue weighted by atomic mass is 35.5. The van der Waals surface area contributed by atoms with Crippen LogP contribution < -0.4 is 5.32 Å². The molecule has 1 aliphatic carbocycles. The van der Waals surface area contributed by atoms with Crippen molar-refractivity contribution in [3.63, 3.8) is 0 Å². The van der Waals surface area contributed by atoms with Gasteiger partial charge in [0.2, 0.25) is 0 Å². The van der Waals surface area contributed by atoms with E-state index in [0.717, 1.165) is 17.5 Å². The maximum atomic E-state index is 13.5. The lowest BCUT2D eigenvalue weighted by Crippen LogP contribution is -2.33. The topological polar surface area (TPSA) is 41.0 Å². The van der Waals surface area contributed by atoms with Crippen molar-refractivity contribution in [2.75, 3.05) is 19.6 Å². The number of fused-ring (bicyclic) bond motifs is 1. The second-order valence-electron chi connectivity index (χ2n) is 9.34. The van der Waals surface area contributed by atoms with E-state index in [-0.39, 0.29) is 5.82 Å². The van der Waals surface area contributed by atoms with E-state index >= 15 is 0 Å². The number of hydrogen-bond donors (Lipinski definition) is 1. The Morgan fingerprint density at radius 1 is 1.14 bits per heavy atom. The second-order valence-corrected chi connectivity index (χ2v) is 9.75. The molecule has 150 valence electrons. The van der Waals surface area contributed by atoms with E-state index in [1.165, 1.54) is 38.2 Å². The molecule has 4 rings (SSSR count). The highest BCUT2D eigenvalue weighted by molar-refractivity contribution is 6.33. The molecule has 1 aromatic heterocycles. The van der Waals surface area contributed by atoms with Gasteiger partial charge in [0, 0.05) is 31.2 Å². The van der Waals surface area contributed by atoms with Crippen molar-refractivity contribution in [1.82, 2.24) is 20.4 Å². The summed E-state index contributed by atoms with van der Waals surface area (Å²) in [6.45, 7) is 11.3. The van der Waals surface area contributed by atoms with E-state index in [9.17, 15) is 4.39 Å². The third-order valence-corrected chi connectivity index (χ3v) is 6.22. The number of halogens is 2. The molecule has 2 heterocycles. The van der Waals surface area contributed by atoms with Crippen molar-refractivity contribution in [3.8, 4) is 11.3 Å². The van der Waals surface area contributed by atoms with Crippen molar-refractivity contribution in [1.29, 1.82) is 0 Å². The van der Waals surface area contributed by atoms with E-state index in [0.29, 0.717) is 34.3 Å². The summed E-state index contributed by atoms with van der Waals surface area (Å²) in [5.41, 5.74) is 2.46. The normalized spacial score (nSPS) is 24.4. The highest BCUT2D eigenvalue weighted by Crippen LogP contribution is 2.45. The molecule has 1 aromatic carbocycles. The molecule has 2 atom stereocenters. The number of hydrogen-bond acceptors (Lipinski definition) is 4. The molecule has 0 unspecified atom stereocenters. The van der Waals surface area contributed by atoms with Gasteiger partial charge >= 0.3 is 0 Å². The van der Waals surface area contributed by atoms with Gasteiger partial charge in [-0.1, -0.05) is 32.4 Å². The first kappa shape index (κ1) is 19.7. The molecule has 28 heavy (non-hydrogen) atoms. The Kier molecular flexibility index (Phi) is 5.43. The molecule has 2 aromatic rings. The largest absolute Gasteiger partial charge is 0.308 e. The SMILES string of the molecule is CC(C)(C)CCN1C[C@H]2C(NCc3ccc(-c4cc(F)ccc4Cl)nn3)[C@@H]2C1. The zero-order valence-corrected chi connectivity index (χ0v) is 17.5. The van der Waals surface area contributed by atoms with Gasteiger partial charge in [0.25, 0.3) is 0 Å². The molecule has 0 radical (unpaired) electrons. The smallest absolute Gasteiger partial charge is 0.123 e. The number of nitrogens with zero attached hydrogens (tertiary/aromatic N) is 3. The molecular weight excluding hydrogens is 375 g/mol. The van der Waals surface area contributed by atoms with Crippen LogP contribution in [0, 0.1) is 23.1 Å². The third kappa shape index (κ3) is 4.53. The number of aromatic nitrogens is 2. The van der Waals surface area contributed by atoms with Crippen LogP contribution in [-0.2, 0) is 6.54 Å². The fourth-order valence-corrected chi connectivity index (χ4v) is 4.32. The number of rotatable bonds is 6. The second kappa shape index (κ2) is 7.69. The van der Waals surface area contributed by atoms with Crippen LogP contribution in [0.4, 0.5) is 4.39 Å². The summed E-state index contributed by atoms with van der Waals surface area (Å²) in [6.07, 6.45) is 1.25. The summed E-state index contributed by atoms with van der Waals surface area (Å²) in [7, 11) is 0. The van der Waals surface area contributed by atoms with E-state index in [1.54, 1.807) is 6.07 Å². The zero-order valence-electron chi connectivity index (χ0n) is 16.8. The molecule has 6 heteroatoms. The van der Waals surface area contributed by atoms with Crippen LogP contribution in [0.5, 0.6) is 0 Å². The molecule has 0 amide bonds. The first-order valence-corrected chi connectivity index (χ1v) is 10.4. The lowest BCUT2D eigenvalue weighted by atomic mass is 9.92. The highest BCUT2D eigenvalue weighted by Gasteiger charge is 2.55. The monoisotopic (exact) mass is 402 g/mol. The van der Waals surface area contributed by atoms with Crippen LogP contribution in [0.2, 0.25) is 5.02 Å². The van der Waals surface area contributed by atoms with E-state index in [4.69, 9.17) is 11.6 Å². The fourth-order valence-electron chi connectivity index (χ4n) is 4.11. The maximum absolute atomic E-state index is 13.5. The Labute approximate surface area is 171 Å². The van der Waals surface area contributed by atoms with Crippen molar-refractivity contribution in [2.45, 2.75) is 39.8 Å². The van der Waals surface area contributed by atoms with Gasteiger partial charge in [0.15, 0.2) is 0 Å². The molecule has 0 spiro atoms. The number of benzene rings is 1. The molecule has 0 bridgehead atoms. The average Bonchev–Trinajstić information content (AvgIpc) is 3.10. The predicted octanol–water partition coefficient (Wildman–Crippen LogP) is 4.39. The maximum Gasteiger partial charge on any atom is 0.123 e. The lowest BCUT2D eigenvalue weighted by molar-refractivity contribution is 0.239. The van der Waals surface area contributed by atoms with Crippen LogP contribution in [-0.4, -0.2) is 40.8 Å². The first-order chi connectivity index (χ1) is 13.3. The van der Waals surface area contributed by atoms with Crippen molar-refractivity contribution in [2.24, 2.45) is 17.3 Å². The minimum atomic E-state index is -0.330. The van der Waals surface area contributed by atoms with Gasteiger partial charge in [0.1, 0.15) is 5.82 Å². The van der Waals surface area contributed by atoms with Crippen LogP contribution in [0.3, 0.4) is 0 Å². The van der Waals surface area contributed by atoms with E-state index in [2.05, 4.69) is 41.2 Å². The van der Waals surface area contributed by atoms with Crippen molar-refractivity contribution >= 4 is 11.6 Å². The lowest BCUT2D eigenvalue weighted by Gasteiger charge is -2.25. The van der Waals surface area contributed by atoms with Gasteiger partial charge in [-0.3, -0.25) is 0 Å². The van der Waals surface area contributed by atoms with Gasteiger partial charge < -0.3 is 10.2 Å². The first-order valence-electron chi connectivity index (χ1n) is 10.0. The summed E-state index contributed by atoms with van der Waals surface area (Å²) in [5, 5.41) is 12.6. The quantitative estimate of drug-likeness (QED) is 0.777. The Bertz CT molecular complexity index is 821. The van der Waals surface area contributed by atoms with Gasteiger partial charge in [0.05, 0.1) is 16.4 Å². The Morgan fingerprint density at radius 3 is 2.54 bits per heavy atom. The molecule has 1 aliphatic heterocycles. The van der Waals surface area contributed by atoms with Crippen molar-refractivity contribution in [3.05, 3.63) is 46.9 Å². The number of likely N-dealkylation sites (tertiary alicyclic amines) is 1. The van der Waals surface area contributed by atoms with Crippen LogP contribution >= 0.6 is 11.6 Å². The van der Waals surface area contributed by atoms with Crippen LogP contribution in [0.1, 0.15) is 32.9 Å². The summed E-state index contributed by atoms with van der Waals surface area (Å²) in [4.78, 5) is 2.61. The molecule has 2 fully saturated rings. The van der Waals surface area contributed by atoms with Crippen LogP contribution in [0.25, 0.3) is 11.3 Å². The molecule has 1 saturated carbocycles. The molecule has 4 nitrogen and oxygen atoms in total. The summed E-state index contributed by atoms with van der Waals surface area (Å²) >= 11 is 6.14. The number of nitrogens with one attached hydrogen (secondary N) is 1. The van der Waals surface area contributed by atoms with Crippen LogP contribution in [0.15, 0.2) is 30.3 Å². The molecule has 2 aliphatic rings. The molecule has 1 saturated heterocycles. The van der Waals surface area contributed by atoms with E-state index in [1.807, 2.05) is 12.1 Å². The average molecular weight is 403 g/mol. The molecule has 1 N–H and O–H groups in total. The van der Waals surface area contributed by atoms with Gasteiger partial charge in [-0.25, -0.2) is 4.39 Å². The standard InChI is InChI=1S/C22H28ClFN4/c1-22(2,3)8-9-28-12-17-18(13-28)21(17)25-11-15-5-7-20(27-26-15)16-10-14(24)4-6-19(16)23/h4-7,10,17-18,21,25H,8-9,11-13H2,1-3H3/t17-,18-/m1/s1. The fraction of sp³-hybridized carbons (Fsp3) is 0.545. The zero-order chi connectivity index (χ0) is 19.9. The van der Waals surface area contributed by atoms with E-state index < -0.39 is 0 Å². The predicted molar refractivity (Wildman–Crippen MR) is 111 cm³/mol. The Hall–Kier alpha value is -1.56. The molecular formula is C22H28ClFN4. The van der Waals surface area contributed by atoms with Gasteiger partial charge in [-0.15, -0.1) is 0 Å².